The first-order chi connectivity index (χ1) is 10.3. The van der Waals surface area contributed by atoms with Crippen molar-refractivity contribution in [3.63, 3.8) is 0 Å². The van der Waals surface area contributed by atoms with Gasteiger partial charge in [0.05, 0.1) is 6.04 Å². The molecule has 0 bridgehead atoms. The molecule has 0 spiro atoms. The highest BCUT2D eigenvalue weighted by Crippen LogP contribution is 2.24. The average Bonchev–Trinajstić information content (AvgIpc) is 2.94. The van der Waals surface area contributed by atoms with E-state index in [0.29, 0.717) is 5.82 Å². The van der Waals surface area contributed by atoms with Crippen molar-refractivity contribution in [1.82, 2.24) is 25.5 Å². The van der Waals surface area contributed by atoms with E-state index in [9.17, 15) is 0 Å². The van der Waals surface area contributed by atoms with Gasteiger partial charge in [-0.25, -0.2) is 0 Å². The summed E-state index contributed by atoms with van der Waals surface area (Å²) >= 11 is 0. The van der Waals surface area contributed by atoms with E-state index in [1.54, 1.807) is 4.80 Å². The first kappa shape index (κ1) is 13.7. The zero-order valence-corrected chi connectivity index (χ0v) is 12.3. The molecule has 1 aromatic heterocycles. The van der Waals surface area contributed by atoms with Crippen LogP contribution in [0.1, 0.15) is 23.9 Å². The van der Waals surface area contributed by atoms with E-state index in [4.69, 9.17) is 0 Å². The molecule has 0 fully saturated rings. The van der Waals surface area contributed by atoms with Crippen molar-refractivity contribution in [2.75, 3.05) is 13.6 Å². The molecule has 21 heavy (non-hydrogen) atoms. The number of fused-ring (bicyclic) bond motifs is 1. The largest absolute Gasteiger partial charge is 0.320 e. The highest BCUT2D eigenvalue weighted by Gasteiger charge is 2.16. The van der Waals surface area contributed by atoms with Gasteiger partial charge in [-0.1, -0.05) is 36.4 Å². The van der Waals surface area contributed by atoms with E-state index >= 15 is 0 Å². The van der Waals surface area contributed by atoms with Crippen molar-refractivity contribution in [2.45, 2.75) is 19.4 Å². The van der Waals surface area contributed by atoms with Gasteiger partial charge in [0, 0.05) is 0 Å². The molecule has 0 aliphatic rings. The van der Waals surface area contributed by atoms with Crippen LogP contribution in [0.2, 0.25) is 0 Å². The zero-order chi connectivity index (χ0) is 14.7. The fourth-order valence-electron chi connectivity index (χ4n) is 2.54. The molecular weight excluding hydrogens is 262 g/mol. The Morgan fingerprint density at radius 1 is 1.14 bits per heavy atom. The van der Waals surface area contributed by atoms with Crippen molar-refractivity contribution in [3.8, 4) is 0 Å². The van der Waals surface area contributed by atoms with Crippen LogP contribution in [0.15, 0.2) is 42.5 Å². The van der Waals surface area contributed by atoms with Crippen molar-refractivity contribution in [3.05, 3.63) is 53.9 Å². The van der Waals surface area contributed by atoms with Crippen molar-refractivity contribution in [1.29, 1.82) is 0 Å². The maximum absolute atomic E-state index is 4.39. The van der Waals surface area contributed by atoms with Gasteiger partial charge in [-0.15, -0.1) is 10.2 Å². The first-order valence-corrected chi connectivity index (χ1v) is 7.17. The summed E-state index contributed by atoms with van der Waals surface area (Å²) < 4.78 is 0. The van der Waals surface area contributed by atoms with Gasteiger partial charge in [-0.05, 0) is 54.6 Å². The predicted molar refractivity (Wildman–Crippen MR) is 83.2 cm³/mol. The molecule has 0 radical (unpaired) electrons. The monoisotopic (exact) mass is 281 g/mol. The highest BCUT2D eigenvalue weighted by atomic mass is 15.6. The number of aromatic nitrogens is 4. The smallest absolute Gasteiger partial charge is 0.171 e. The molecule has 0 aliphatic carbocycles. The minimum absolute atomic E-state index is 0.100. The number of benzene rings is 2. The van der Waals surface area contributed by atoms with Gasteiger partial charge in [-0.2, -0.15) is 4.80 Å². The SMILES string of the molecule is CNCCC(c1ccc2ccccc2c1)n1nnc(C)n1. The van der Waals surface area contributed by atoms with Crippen LogP contribution in [0.4, 0.5) is 0 Å². The molecule has 3 aromatic rings. The summed E-state index contributed by atoms with van der Waals surface area (Å²) in [6, 6.07) is 15.0. The second kappa shape index (κ2) is 6.01. The highest BCUT2D eigenvalue weighted by molar-refractivity contribution is 5.83. The van der Waals surface area contributed by atoms with Crippen LogP contribution in [0.3, 0.4) is 0 Å². The standard InChI is InChI=1S/C16H19N5/c1-12-18-20-21(19-12)16(9-10-17-2)15-8-7-13-5-3-4-6-14(13)11-15/h3-8,11,16-17H,9-10H2,1-2H3. The number of tetrazole rings is 1. The molecule has 108 valence electrons. The van der Waals surface area contributed by atoms with Crippen molar-refractivity contribution in [2.24, 2.45) is 0 Å². The summed E-state index contributed by atoms with van der Waals surface area (Å²) in [6.07, 6.45) is 0.921. The predicted octanol–water partition coefficient (Wildman–Crippen LogP) is 2.33. The summed E-state index contributed by atoms with van der Waals surface area (Å²) in [5, 5.41) is 18.2. The minimum atomic E-state index is 0.100. The van der Waals surface area contributed by atoms with Crippen LogP contribution in [0.5, 0.6) is 0 Å². The summed E-state index contributed by atoms with van der Waals surface area (Å²) in [7, 11) is 1.96. The number of nitrogens with zero attached hydrogens (tertiary/aromatic N) is 4. The first-order valence-electron chi connectivity index (χ1n) is 7.17. The molecule has 1 atom stereocenters. The summed E-state index contributed by atoms with van der Waals surface area (Å²) in [5.41, 5.74) is 1.21. The van der Waals surface area contributed by atoms with Gasteiger partial charge in [-0.3, -0.25) is 0 Å². The third-order valence-electron chi connectivity index (χ3n) is 3.63. The molecule has 5 heteroatoms. The molecule has 0 amide bonds. The van der Waals surface area contributed by atoms with E-state index in [1.807, 2.05) is 14.0 Å². The van der Waals surface area contributed by atoms with E-state index in [1.165, 1.54) is 16.3 Å². The lowest BCUT2D eigenvalue weighted by Crippen LogP contribution is -2.20. The molecule has 1 N–H and O–H groups in total. The molecule has 2 aromatic carbocycles. The minimum Gasteiger partial charge on any atom is -0.320 e. The van der Waals surface area contributed by atoms with Crippen LogP contribution in [0, 0.1) is 6.92 Å². The number of rotatable bonds is 5. The summed E-state index contributed by atoms with van der Waals surface area (Å²) in [4.78, 5) is 1.72. The van der Waals surface area contributed by atoms with E-state index in [2.05, 4.69) is 63.2 Å². The second-order valence-corrected chi connectivity index (χ2v) is 5.17. The fourth-order valence-corrected chi connectivity index (χ4v) is 2.54. The van der Waals surface area contributed by atoms with Gasteiger partial charge >= 0.3 is 0 Å². The molecule has 0 saturated heterocycles. The van der Waals surface area contributed by atoms with Crippen molar-refractivity contribution >= 4 is 10.8 Å². The molecule has 1 heterocycles. The third kappa shape index (κ3) is 2.92. The lowest BCUT2D eigenvalue weighted by Gasteiger charge is -2.16. The maximum Gasteiger partial charge on any atom is 0.171 e. The molecule has 0 saturated carbocycles. The summed E-state index contributed by atoms with van der Waals surface area (Å²) in [6.45, 7) is 2.76. The van der Waals surface area contributed by atoms with Crippen LogP contribution in [-0.4, -0.2) is 33.8 Å². The van der Waals surface area contributed by atoms with E-state index in [0.717, 1.165) is 13.0 Å². The van der Waals surface area contributed by atoms with E-state index < -0.39 is 0 Å². The number of hydrogen-bond donors (Lipinski definition) is 1. The van der Waals surface area contributed by atoms with Gasteiger partial charge in [0.25, 0.3) is 0 Å². The van der Waals surface area contributed by atoms with Crippen LogP contribution in [-0.2, 0) is 0 Å². The van der Waals surface area contributed by atoms with Crippen molar-refractivity contribution < 1.29 is 0 Å². The quantitative estimate of drug-likeness (QED) is 0.780. The fraction of sp³-hybridized carbons (Fsp3) is 0.312. The number of aryl methyl sites for hydroxylation is 1. The molecule has 3 rings (SSSR count). The topological polar surface area (TPSA) is 55.6 Å². The lowest BCUT2D eigenvalue weighted by molar-refractivity contribution is 0.421. The number of nitrogens with one attached hydrogen (secondary N) is 1. The van der Waals surface area contributed by atoms with Crippen LogP contribution in [0.25, 0.3) is 10.8 Å². The normalized spacial score (nSPS) is 12.7. The van der Waals surface area contributed by atoms with Gasteiger partial charge < -0.3 is 5.32 Å². The van der Waals surface area contributed by atoms with Crippen LogP contribution >= 0.6 is 0 Å². The maximum atomic E-state index is 4.39. The Bertz CT molecular complexity index is 734. The second-order valence-electron chi connectivity index (χ2n) is 5.17. The molecule has 0 aliphatic heterocycles. The Morgan fingerprint density at radius 3 is 2.67 bits per heavy atom. The zero-order valence-electron chi connectivity index (χ0n) is 12.3. The Balaban J connectivity index is 2.00. The Labute approximate surface area is 124 Å². The Kier molecular flexibility index (Phi) is 3.92. The van der Waals surface area contributed by atoms with Crippen LogP contribution < -0.4 is 5.32 Å². The van der Waals surface area contributed by atoms with Gasteiger partial charge in [0.2, 0.25) is 0 Å². The Morgan fingerprint density at radius 2 is 1.95 bits per heavy atom. The average molecular weight is 281 g/mol. The third-order valence-corrected chi connectivity index (χ3v) is 3.63. The molecular formula is C16H19N5. The van der Waals surface area contributed by atoms with Gasteiger partial charge in [0.15, 0.2) is 5.82 Å². The van der Waals surface area contributed by atoms with Gasteiger partial charge in [0.1, 0.15) is 0 Å². The molecule has 5 nitrogen and oxygen atoms in total. The summed E-state index contributed by atoms with van der Waals surface area (Å²) in [5.74, 6) is 0.699. The number of hydrogen-bond acceptors (Lipinski definition) is 4. The molecule has 1 unspecified atom stereocenters. The lowest BCUT2D eigenvalue weighted by atomic mass is 10.00. The Hall–Kier alpha value is -2.27. The van der Waals surface area contributed by atoms with E-state index in [-0.39, 0.29) is 6.04 Å².